The van der Waals surface area contributed by atoms with Crippen LogP contribution in [0.3, 0.4) is 0 Å². The number of rotatable bonds is 9. The highest BCUT2D eigenvalue weighted by molar-refractivity contribution is 14.0. The molecule has 2 aromatic carbocycles. The normalized spacial score (nSPS) is 10.6. The predicted octanol–water partition coefficient (Wildman–Crippen LogP) is 4.31. The maximum absolute atomic E-state index is 5.64. The number of nitrogens with zero attached hydrogens (tertiary/aromatic N) is 1. The van der Waals surface area contributed by atoms with Gasteiger partial charge in [-0.3, -0.25) is 0 Å². The van der Waals surface area contributed by atoms with Gasteiger partial charge in [0, 0.05) is 29.9 Å². The van der Waals surface area contributed by atoms with Crippen LogP contribution in [0.25, 0.3) is 0 Å². The molecule has 0 aliphatic heterocycles. The van der Waals surface area contributed by atoms with E-state index in [1.54, 1.807) is 21.3 Å². The zero-order valence-electron chi connectivity index (χ0n) is 17.6. The van der Waals surface area contributed by atoms with E-state index in [1.807, 2.05) is 50.2 Å². The minimum atomic E-state index is 0. The largest absolute Gasteiger partial charge is 0.497 e. The third-order valence-corrected chi connectivity index (χ3v) is 3.97. The molecule has 29 heavy (non-hydrogen) atoms. The summed E-state index contributed by atoms with van der Waals surface area (Å²) in [7, 11) is 4.89. The van der Waals surface area contributed by atoms with E-state index >= 15 is 0 Å². The lowest BCUT2D eigenvalue weighted by Crippen LogP contribution is -2.30. The topological polar surface area (TPSA) is 73.3 Å². The van der Waals surface area contributed by atoms with E-state index in [4.69, 9.17) is 18.9 Å². The number of hydrogen-bond acceptors (Lipinski definition) is 5. The summed E-state index contributed by atoms with van der Waals surface area (Å²) >= 11 is 0. The van der Waals surface area contributed by atoms with Gasteiger partial charge in [-0.25, -0.2) is 4.99 Å². The Labute approximate surface area is 189 Å². The smallest absolute Gasteiger partial charge is 0.196 e. The average Bonchev–Trinajstić information content (AvgIpc) is 2.72. The van der Waals surface area contributed by atoms with Gasteiger partial charge in [0.15, 0.2) is 17.5 Å². The molecule has 0 unspecified atom stereocenters. The molecule has 0 heterocycles. The van der Waals surface area contributed by atoms with Gasteiger partial charge in [-0.1, -0.05) is 0 Å². The molecule has 0 amide bonds. The zero-order valence-corrected chi connectivity index (χ0v) is 19.9. The molecule has 8 heteroatoms. The second kappa shape index (κ2) is 13.0. The van der Waals surface area contributed by atoms with Gasteiger partial charge in [0.05, 0.1) is 34.5 Å². The Kier molecular flexibility index (Phi) is 11.0. The van der Waals surface area contributed by atoms with E-state index in [-0.39, 0.29) is 24.0 Å². The summed E-state index contributed by atoms with van der Waals surface area (Å²) in [6, 6.07) is 11.4. The number of hydrogen-bond donors (Lipinski definition) is 2. The third-order valence-electron chi connectivity index (χ3n) is 3.97. The number of aliphatic imine (C=N–C) groups is 1. The first-order valence-electron chi connectivity index (χ1n) is 9.22. The minimum Gasteiger partial charge on any atom is -0.497 e. The summed E-state index contributed by atoms with van der Waals surface area (Å²) in [4.78, 5) is 4.66. The summed E-state index contributed by atoms with van der Waals surface area (Å²) in [6.07, 6.45) is 0. The van der Waals surface area contributed by atoms with E-state index < -0.39 is 0 Å². The first-order valence-corrected chi connectivity index (χ1v) is 9.22. The third kappa shape index (κ3) is 7.19. The number of ether oxygens (including phenoxy) is 4. The Bertz CT molecular complexity index is 799. The molecule has 0 aromatic heterocycles. The Hall–Kier alpha value is -2.36. The fourth-order valence-electron chi connectivity index (χ4n) is 2.61. The Morgan fingerprint density at radius 2 is 1.66 bits per heavy atom. The maximum atomic E-state index is 5.64. The zero-order chi connectivity index (χ0) is 20.4. The van der Waals surface area contributed by atoms with Crippen LogP contribution < -0.4 is 29.6 Å². The van der Waals surface area contributed by atoms with E-state index in [2.05, 4.69) is 15.6 Å². The van der Waals surface area contributed by atoms with Crippen LogP contribution >= 0.6 is 24.0 Å². The van der Waals surface area contributed by atoms with Gasteiger partial charge in [-0.05, 0) is 38.1 Å². The summed E-state index contributed by atoms with van der Waals surface area (Å²) < 4.78 is 21.7. The van der Waals surface area contributed by atoms with E-state index in [9.17, 15) is 0 Å². The molecule has 0 aliphatic rings. The second-order valence-electron chi connectivity index (χ2n) is 5.80. The molecule has 0 fully saturated rings. The molecular formula is C21H30IN3O4. The number of benzene rings is 2. The lowest BCUT2D eigenvalue weighted by molar-refractivity contribution is 0.311. The van der Waals surface area contributed by atoms with Crippen molar-refractivity contribution in [1.82, 2.24) is 5.32 Å². The maximum Gasteiger partial charge on any atom is 0.196 e. The molecule has 0 atom stereocenters. The molecule has 0 aliphatic carbocycles. The lowest BCUT2D eigenvalue weighted by atomic mass is 10.2. The van der Waals surface area contributed by atoms with Gasteiger partial charge in [0.25, 0.3) is 0 Å². The van der Waals surface area contributed by atoms with E-state index in [1.165, 1.54) is 0 Å². The Morgan fingerprint density at radius 3 is 2.28 bits per heavy atom. The minimum absolute atomic E-state index is 0. The Balaban J connectivity index is 0.00000420. The monoisotopic (exact) mass is 515 g/mol. The van der Waals surface area contributed by atoms with Crippen molar-refractivity contribution in [3.8, 4) is 23.0 Å². The van der Waals surface area contributed by atoms with Crippen molar-refractivity contribution in [3.05, 3.63) is 42.0 Å². The average molecular weight is 515 g/mol. The molecule has 0 saturated carbocycles. The summed E-state index contributed by atoms with van der Waals surface area (Å²) in [6.45, 7) is 5.71. The first kappa shape index (κ1) is 24.7. The highest BCUT2D eigenvalue weighted by Gasteiger charge is 2.08. The van der Waals surface area contributed by atoms with Crippen molar-refractivity contribution >= 4 is 35.6 Å². The van der Waals surface area contributed by atoms with Gasteiger partial charge in [0.2, 0.25) is 0 Å². The summed E-state index contributed by atoms with van der Waals surface area (Å²) in [5.74, 6) is 3.52. The van der Waals surface area contributed by atoms with Crippen LogP contribution in [0.2, 0.25) is 0 Å². The van der Waals surface area contributed by atoms with Gasteiger partial charge >= 0.3 is 0 Å². The van der Waals surface area contributed by atoms with Crippen molar-refractivity contribution < 1.29 is 18.9 Å². The highest BCUT2D eigenvalue weighted by atomic mass is 127. The van der Waals surface area contributed by atoms with Crippen molar-refractivity contribution in [2.24, 2.45) is 4.99 Å². The van der Waals surface area contributed by atoms with Crippen molar-refractivity contribution in [2.45, 2.75) is 20.4 Å². The second-order valence-corrected chi connectivity index (χ2v) is 5.80. The Morgan fingerprint density at radius 1 is 0.897 bits per heavy atom. The molecule has 160 valence electrons. The van der Waals surface area contributed by atoms with E-state index in [0.717, 1.165) is 29.3 Å². The van der Waals surface area contributed by atoms with Crippen LogP contribution in [-0.2, 0) is 6.54 Å². The van der Waals surface area contributed by atoms with Gasteiger partial charge in [-0.15, -0.1) is 24.0 Å². The summed E-state index contributed by atoms with van der Waals surface area (Å²) in [5, 5.41) is 6.54. The van der Waals surface area contributed by atoms with Crippen LogP contribution in [0.5, 0.6) is 23.0 Å². The van der Waals surface area contributed by atoms with E-state index in [0.29, 0.717) is 30.6 Å². The molecule has 0 radical (unpaired) electrons. The first-order chi connectivity index (χ1) is 13.6. The molecule has 0 spiro atoms. The standard InChI is InChI=1S/C21H29N3O4.HI/c1-6-22-21(23-14-15-8-10-17(25-3)13-19(15)27-5)24-16-9-11-18(26-4)20(12-16)28-7-2;/h8-13H,6-7,14H2,1-5H3,(H2,22,23,24);1H. The molecule has 2 aromatic rings. The fourth-order valence-corrected chi connectivity index (χ4v) is 2.61. The predicted molar refractivity (Wildman–Crippen MR) is 128 cm³/mol. The SMILES string of the molecule is CCNC(=NCc1ccc(OC)cc1OC)Nc1ccc(OC)c(OCC)c1.I. The van der Waals surface area contributed by atoms with Crippen molar-refractivity contribution in [2.75, 3.05) is 39.8 Å². The lowest BCUT2D eigenvalue weighted by Gasteiger charge is -2.15. The van der Waals surface area contributed by atoms with Gasteiger partial charge in [-0.2, -0.15) is 0 Å². The van der Waals surface area contributed by atoms with Crippen molar-refractivity contribution in [1.29, 1.82) is 0 Å². The van der Waals surface area contributed by atoms with Crippen LogP contribution in [0.4, 0.5) is 5.69 Å². The number of halogens is 1. The van der Waals surface area contributed by atoms with Crippen LogP contribution in [0.1, 0.15) is 19.4 Å². The van der Waals surface area contributed by atoms with Gasteiger partial charge in [0.1, 0.15) is 11.5 Å². The number of guanidine groups is 1. The molecule has 0 saturated heterocycles. The molecule has 7 nitrogen and oxygen atoms in total. The number of anilines is 1. The molecule has 0 bridgehead atoms. The van der Waals surface area contributed by atoms with Crippen LogP contribution in [0, 0.1) is 0 Å². The number of methoxy groups -OCH3 is 3. The quantitative estimate of drug-likeness (QED) is 0.295. The van der Waals surface area contributed by atoms with Crippen molar-refractivity contribution in [3.63, 3.8) is 0 Å². The molecule has 2 rings (SSSR count). The molecule has 2 N–H and O–H groups in total. The van der Waals surface area contributed by atoms with Crippen LogP contribution in [0.15, 0.2) is 41.4 Å². The van der Waals surface area contributed by atoms with Crippen LogP contribution in [-0.4, -0.2) is 40.4 Å². The fraction of sp³-hybridized carbons (Fsp3) is 0.381. The highest BCUT2D eigenvalue weighted by Crippen LogP contribution is 2.30. The number of nitrogens with one attached hydrogen (secondary N) is 2. The molecular weight excluding hydrogens is 485 g/mol. The van der Waals surface area contributed by atoms with Gasteiger partial charge < -0.3 is 29.6 Å². The summed E-state index contributed by atoms with van der Waals surface area (Å²) in [5.41, 5.74) is 1.82.